The van der Waals surface area contributed by atoms with E-state index in [-0.39, 0.29) is 18.3 Å². The maximum absolute atomic E-state index is 15.1. The summed E-state index contributed by atoms with van der Waals surface area (Å²) in [4.78, 5) is 62.9. The molecule has 3 fully saturated rings. The number of carbonyl (C=O) groups is 5. The van der Waals surface area contributed by atoms with Gasteiger partial charge in [-0.25, -0.2) is 4.79 Å². The van der Waals surface area contributed by atoms with Gasteiger partial charge in [-0.05, 0) is 54.5 Å². The number of ketones is 1. The monoisotopic (exact) mass is 760 g/mol. The molecule has 1 aliphatic heterocycles. The zero-order valence-electron chi connectivity index (χ0n) is 33.1. The molecule has 1 heterocycles. The molecule has 0 radical (unpaired) electrons. The topological polar surface area (TPSA) is 181 Å². The number of ether oxygens (including phenoxy) is 4. The Morgan fingerprint density at radius 3 is 2.15 bits per heavy atom. The molecule has 12 heteroatoms. The molecule has 11 atom stereocenters. The maximum Gasteiger partial charge on any atom is 0.350 e. The van der Waals surface area contributed by atoms with E-state index < -0.39 is 88.4 Å². The second kappa shape index (κ2) is 15.6. The standard InChI is InChI=1S/C42H54N2O9.CH2O/c1-23-29(52-38(48)35(53-32(46)21-43)34(27-15-11-9-12-16-27)44-28-17-13-10-14-18-28)20-42(49)25(3)36-40(7)22-50-30(40)19-31(51-26(4)45)41(36,8)37(47)24(2)33(23)39(42,5)6;1-2/h9-18,24-25,29-31,34-36,44,49H,19-22,43H2,1-8H3;1H2/t24-,25+,29+,30-,31+,34+,35-,36-,40-,41-,42-;/m1./s1. The summed E-state index contributed by atoms with van der Waals surface area (Å²) in [6.45, 7) is 16.8. The SMILES string of the molecule is C=O.CC(=O)O[C@H]1C[C@H]2OC[C@@]2(C)[C@H]2[C@H](C)[C@]3(O)C[C@H](OC(=O)[C@H](OC(=O)CN)[C@@H](Nc4ccccc4)c4ccccc4)C(C)=C([C@@H](C)C(=O)[C@]12C)C3(C)C. The van der Waals surface area contributed by atoms with Gasteiger partial charge in [-0.2, -0.15) is 0 Å². The average Bonchev–Trinajstić information content (AvgIpc) is 3.16. The predicted octanol–water partition coefficient (Wildman–Crippen LogP) is 5.13. The van der Waals surface area contributed by atoms with Crippen molar-refractivity contribution in [2.45, 2.75) is 104 Å². The number of Topliss-reactive ketones (excluding diaryl/α,β-unsaturated/α-hetero) is 1. The largest absolute Gasteiger partial charge is 0.461 e. The Bertz CT molecular complexity index is 1800. The van der Waals surface area contributed by atoms with E-state index in [0.717, 1.165) is 0 Å². The maximum atomic E-state index is 15.1. The highest BCUT2D eigenvalue weighted by molar-refractivity contribution is 5.91. The first-order chi connectivity index (χ1) is 25.9. The van der Waals surface area contributed by atoms with Gasteiger partial charge in [0.25, 0.3) is 0 Å². The second-order valence-corrected chi connectivity index (χ2v) is 16.6. The van der Waals surface area contributed by atoms with Crippen molar-refractivity contribution in [2.24, 2.45) is 39.7 Å². The molecular weight excluding hydrogens is 704 g/mol. The summed E-state index contributed by atoms with van der Waals surface area (Å²) in [5.41, 5.74) is 4.33. The van der Waals surface area contributed by atoms with Crippen LogP contribution in [0.25, 0.3) is 0 Å². The molecule has 2 aromatic carbocycles. The summed E-state index contributed by atoms with van der Waals surface area (Å²) in [6, 6.07) is 17.5. The van der Waals surface area contributed by atoms with Crippen molar-refractivity contribution in [1.82, 2.24) is 0 Å². The quantitative estimate of drug-likeness (QED) is 0.175. The van der Waals surface area contributed by atoms with Crippen LogP contribution in [0.1, 0.15) is 79.8 Å². The van der Waals surface area contributed by atoms with E-state index >= 15 is 4.79 Å². The molecule has 4 N–H and O–H groups in total. The molecule has 2 saturated carbocycles. The van der Waals surface area contributed by atoms with E-state index in [1.165, 1.54) is 6.92 Å². The highest BCUT2D eigenvalue weighted by atomic mass is 16.6. The van der Waals surface area contributed by atoms with Gasteiger partial charge in [0.2, 0.25) is 6.10 Å². The van der Waals surface area contributed by atoms with Crippen LogP contribution in [0, 0.1) is 34.0 Å². The zero-order valence-corrected chi connectivity index (χ0v) is 33.1. The summed E-state index contributed by atoms with van der Waals surface area (Å²) in [7, 11) is 0. The van der Waals surface area contributed by atoms with E-state index in [9.17, 15) is 19.5 Å². The van der Waals surface area contributed by atoms with Gasteiger partial charge in [0.05, 0.1) is 36.3 Å². The lowest BCUT2D eigenvalue weighted by molar-refractivity contribution is -0.302. The number of aliphatic hydroxyl groups is 1. The molecule has 0 spiro atoms. The smallest absolute Gasteiger partial charge is 0.350 e. The molecule has 4 aliphatic rings. The van der Waals surface area contributed by atoms with Gasteiger partial charge >= 0.3 is 17.9 Å². The summed E-state index contributed by atoms with van der Waals surface area (Å²) >= 11 is 0. The number of rotatable bonds is 9. The van der Waals surface area contributed by atoms with Crippen molar-refractivity contribution < 1.29 is 48.0 Å². The van der Waals surface area contributed by atoms with E-state index in [1.54, 1.807) is 0 Å². The average molecular weight is 761 g/mol. The van der Waals surface area contributed by atoms with Gasteiger partial charge in [-0.1, -0.05) is 83.1 Å². The molecular formula is C43H56N2O10. The third-order valence-electron chi connectivity index (χ3n) is 13.3. The number of hydrogen-bond donors (Lipinski definition) is 3. The van der Waals surface area contributed by atoms with Crippen molar-refractivity contribution >= 4 is 36.2 Å². The fourth-order valence-electron chi connectivity index (χ4n) is 10.8. The van der Waals surface area contributed by atoms with Crippen LogP contribution in [0.3, 0.4) is 0 Å². The number of hydrogen-bond acceptors (Lipinski definition) is 12. The van der Waals surface area contributed by atoms with E-state index in [2.05, 4.69) is 12.2 Å². The number of esters is 3. The summed E-state index contributed by atoms with van der Waals surface area (Å²) in [5.74, 6) is -3.89. The molecule has 0 amide bonds. The molecule has 6 rings (SSSR count). The Hall–Kier alpha value is -4.39. The molecule has 298 valence electrons. The Morgan fingerprint density at radius 1 is 1.00 bits per heavy atom. The fourth-order valence-corrected chi connectivity index (χ4v) is 10.8. The van der Waals surface area contributed by atoms with Crippen LogP contribution < -0.4 is 11.1 Å². The number of nitrogens with two attached hydrogens (primary N) is 1. The van der Waals surface area contributed by atoms with Gasteiger partial charge in [0.15, 0.2) is 0 Å². The van der Waals surface area contributed by atoms with Gasteiger partial charge in [-0.15, -0.1) is 0 Å². The first-order valence-corrected chi connectivity index (χ1v) is 18.9. The molecule has 0 aromatic heterocycles. The predicted molar refractivity (Wildman–Crippen MR) is 204 cm³/mol. The number of nitrogens with one attached hydrogen (secondary N) is 1. The van der Waals surface area contributed by atoms with Crippen molar-refractivity contribution in [2.75, 3.05) is 18.5 Å². The van der Waals surface area contributed by atoms with Gasteiger partial charge in [0, 0.05) is 42.2 Å². The summed E-state index contributed by atoms with van der Waals surface area (Å²) < 4.78 is 24.1. The second-order valence-electron chi connectivity index (χ2n) is 16.6. The van der Waals surface area contributed by atoms with Gasteiger partial charge in [-0.3, -0.25) is 14.4 Å². The van der Waals surface area contributed by atoms with Crippen LogP contribution in [-0.4, -0.2) is 78.8 Å². The third-order valence-corrected chi connectivity index (χ3v) is 13.3. The van der Waals surface area contributed by atoms with Crippen LogP contribution in [0.5, 0.6) is 0 Å². The molecule has 2 aromatic rings. The summed E-state index contributed by atoms with van der Waals surface area (Å²) in [5, 5.41) is 16.6. The first kappa shape index (κ1) is 41.8. The van der Waals surface area contributed by atoms with Crippen LogP contribution in [0.4, 0.5) is 5.69 Å². The van der Waals surface area contributed by atoms with Crippen LogP contribution in [0.2, 0.25) is 0 Å². The van der Waals surface area contributed by atoms with Crippen LogP contribution in [-0.2, 0) is 42.9 Å². The lowest BCUT2D eigenvalue weighted by Crippen LogP contribution is -2.74. The zero-order chi connectivity index (χ0) is 40.7. The third kappa shape index (κ3) is 6.91. The van der Waals surface area contributed by atoms with Crippen molar-refractivity contribution in [1.29, 1.82) is 0 Å². The lowest BCUT2D eigenvalue weighted by Gasteiger charge is -2.69. The molecule has 2 bridgehead atoms. The van der Waals surface area contributed by atoms with Crippen LogP contribution in [0.15, 0.2) is 71.8 Å². The molecule has 3 aliphatic carbocycles. The first-order valence-electron chi connectivity index (χ1n) is 18.9. The Labute approximate surface area is 323 Å². The van der Waals surface area contributed by atoms with Crippen LogP contribution >= 0.6 is 0 Å². The normalized spacial score (nSPS) is 34.3. The minimum absolute atomic E-state index is 0.0231. The Balaban J connectivity index is 0.00000285. The number of benzene rings is 2. The number of carbonyl (C=O) groups excluding carboxylic acids is 5. The Kier molecular flexibility index (Phi) is 11.9. The highest BCUT2D eigenvalue weighted by Crippen LogP contribution is 2.68. The summed E-state index contributed by atoms with van der Waals surface area (Å²) in [6.07, 6.45) is -3.02. The Morgan fingerprint density at radius 2 is 1.60 bits per heavy atom. The van der Waals surface area contributed by atoms with E-state index in [0.29, 0.717) is 35.4 Å². The number of para-hydroxylation sites is 1. The van der Waals surface area contributed by atoms with Gasteiger partial charge < -0.3 is 39.9 Å². The lowest BCUT2D eigenvalue weighted by atomic mass is 9.40. The minimum Gasteiger partial charge on any atom is -0.461 e. The van der Waals surface area contributed by atoms with E-state index in [4.69, 9.17) is 29.5 Å². The number of anilines is 1. The fraction of sp³-hybridized carbons (Fsp3) is 0.558. The number of fused-ring (bicyclic) bond motifs is 5. The molecule has 0 unspecified atom stereocenters. The van der Waals surface area contributed by atoms with Crippen molar-refractivity contribution in [3.8, 4) is 0 Å². The van der Waals surface area contributed by atoms with Crippen molar-refractivity contribution in [3.63, 3.8) is 0 Å². The minimum atomic E-state index is -1.50. The van der Waals surface area contributed by atoms with Gasteiger partial charge in [0.1, 0.15) is 24.8 Å². The highest BCUT2D eigenvalue weighted by Gasteiger charge is 2.73. The molecule has 55 heavy (non-hydrogen) atoms. The molecule has 12 nitrogen and oxygen atoms in total. The van der Waals surface area contributed by atoms with E-state index in [1.807, 2.05) is 109 Å². The van der Waals surface area contributed by atoms with Crippen molar-refractivity contribution in [3.05, 3.63) is 77.4 Å². The molecule has 1 saturated heterocycles.